The van der Waals surface area contributed by atoms with Crippen molar-refractivity contribution in [3.63, 3.8) is 0 Å². The standard InChI is InChI=1S/C11H16N2O9/c14-2-5-7(17)8(18)10(22-5)13-1-4(21-3-6(15)16)9(19)12-11(13)20/h4-5,7-8,10,14,17-18H,1-3H2,(H,15,16)(H,12,19,20)/t4?,5-,7-,8-,10-/m1/s1. The first-order valence-electron chi connectivity index (χ1n) is 6.42. The third-order valence-electron chi connectivity index (χ3n) is 3.38. The summed E-state index contributed by atoms with van der Waals surface area (Å²) in [6.07, 6.45) is -6.52. The molecule has 0 aliphatic carbocycles. The number of ether oxygens (including phenoxy) is 2. The molecule has 11 heteroatoms. The van der Waals surface area contributed by atoms with Crippen molar-refractivity contribution in [2.24, 2.45) is 0 Å². The second-order valence-electron chi connectivity index (χ2n) is 4.87. The first-order chi connectivity index (χ1) is 10.3. The molecule has 5 N–H and O–H groups in total. The van der Waals surface area contributed by atoms with Crippen LogP contribution in [0.1, 0.15) is 0 Å². The molecular formula is C11H16N2O9. The lowest BCUT2D eigenvalue weighted by Gasteiger charge is -2.36. The van der Waals surface area contributed by atoms with Gasteiger partial charge < -0.3 is 29.9 Å². The van der Waals surface area contributed by atoms with Crippen LogP contribution in [-0.4, -0.2) is 93.6 Å². The zero-order valence-electron chi connectivity index (χ0n) is 11.3. The molecule has 0 aromatic heterocycles. The summed E-state index contributed by atoms with van der Waals surface area (Å²) in [7, 11) is 0. The average Bonchev–Trinajstić information content (AvgIpc) is 2.74. The Kier molecular flexibility index (Phi) is 4.93. The minimum Gasteiger partial charge on any atom is -0.480 e. The normalized spacial score (nSPS) is 35.6. The number of aliphatic carboxylic acids is 1. The van der Waals surface area contributed by atoms with Gasteiger partial charge in [-0.05, 0) is 0 Å². The number of nitrogens with one attached hydrogen (secondary N) is 1. The van der Waals surface area contributed by atoms with Gasteiger partial charge in [-0.25, -0.2) is 9.59 Å². The Morgan fingerprint density at radius 1 is 1.36 bits per heavy atom. The molecule has 0 saturated carbocycles. The van der Waals surface area contributed by atoms with Crippen LogP contribution < -0.4 is 5.32 Å². The summed E-state index contributed by atoms with van der Waals surface area (Å²) < 4.78 is 10.0. The molecule has 1 unspecified atom stereocenters. The van der Waals surface area contributed by atoms with E-state index in [-0.39, 0.29) is 6.54 Å². The molecule has 0 aromatic carbocycles. The Balaban J connectivity index is 2.07. The lowest BCUT2D eigenvalue weighted by atomic mass is 10.1. The number of aliphatic hydroxyl groups excluding tert-OH is 3. The molecule has 2 aliphatic heterocycles. The van der Waals surface area contributed by atoms with Crippen LogP contribution in [0, 0.1) is 0 Å². The van der Waals surface area contributed by atoms with Crippen molar-refractivity contribution in [2.45, 2.75) is 30.6 Å². The fourth-order valence-electron chi connectivity index (χ4n) is 2.26. The maximum Gasteiger partial charge on any atom is 0.329 e. The number of carbonyl (C=O) groups excluding carboxylic acids is 2. The summed E-state index contributed by atoms with van der Waals surface area (Å²) in [6.45, 7) is -1.66. The molecule has 11 nitrogen and oxygen atoms in total. The molecular weight excluding hydrogens is 304 g/mol. The SMILES string of the molecule is O=C(O)COC1CN([C@@H]2O[C@H](CO)[C@@H](O)[C@H]2O)C(=O)NC1=O. The maximum absolute atomic E-state index is 11.8. The van der Waals surface area contributed by atoms with Crippen LogP contribution >= 0.6 is 0 Å². The first-order valence-corrected chi connectivity index (χ1v) is 6.42. The molecule has 2 heterocycles. The summed E-state index contributed by atoms with van der Waals surface area (Å²) >= 11 is 0. The van der Waals surface area contributed by atoms with Crippen molar-refractivity contribution in [1.29, 1.82) is 0 Å². The van der Waals surface area contributed by atoms with Gasteiger partial charge in [0.25, 0.3) is 5.91 Å². The maximum atomic E-state index is 11.8. The minimum atomic E-state index is -1.49. The Morgan fingerprint density at radius 2 is 2.05 bits per heavy atom. The summed E-state index contributed by atoms with van der Waals surface area (Å²) in [4.78, 5) is 34.7. The third-order valence-corrected chi connectivity index (χ3v) is 3.38. The molecule has 0 spiro atoms. The Labute approximate surface area is 124 Å². The number of carbonyl (C=O) groups is 3. The van der Waals surface area contributed by atoms with Crippen LogP contribution in [0.3, 0.4) is 0 Å². The molecule has 2 aliphatic rings. The highest BCUT2D eigenvalue weighted by atomic mass is 16.6. The fourth-order valence-corrected chi connectivity index (χ4v) is 2.26. The zero-order valence-corrected chi connectivity index (χ0v) is 11.3. The number of carboxylic acid groups (broad SMARTS) is 1. The largest absolute Gasteiger partial charge is 0.480 e. The Bertz CT molecular complexity index is 470. The van der Waals surface area contributed by atoms with Gasteiger partial charge in [0.05, 0.1) is 13.2 Å². The summed E-state index contributed by atoms with van der Waals surface area (Å²) in [5.41, 5.74) is 0. The molecule has 5 atom stereocenters. The van der Waals surface area contributed by atoms with Gasteiger partial charge in [0.1, 0.15) is 24.9 Å². The molecule has 0 radical (unpaired) electrons. The van der Waals surface area contributed by atoms with Crippen LogP contribution in [0.2, 0.25) is 0 Å². The number of imide groups is 1. The van der Waals surface area contributed by atoms with E-state index in [1.807, 2.05) is 5.32 Å². The van der Waals surface area contributed by atoms with E-state index in [0.29, 0.717) is 0 Å². The van der Waals surface area contributed by atoms with Gasteiger partial charge in [-0.1, -0.05) is 0 Å². The van der Waals surface area contributed by atoms with Crippen molar-refractivity contribution < 1.29 is 44.3 Å². The number of nitrogens with zero attached hydrogens (tertiary/aromatic N) is 1. The van der Waals surface area contributed by atoms with E-state index in [4.69, 9.17) is 19.7 Å². The molecule has 2 saturated heterocycles. The lowest BCUT2D eigenvalue weighted by molar-refractivity contribution is -0.153. The quantitative estimate of drug-likeness (QED) is 0.344. The second kappa shape index (κ2) is 6.54. The zero-order chi connectivity index (χ0) is 16.4. The van der Waals surface area contributed by atoms with E-state index in [1.54, 1.807) is 0 Å². The molecule has 0 aromatic rings. The van der Waals surface area contributed by atoms with Crippen LogP contribution in [0.5, 0.6) is 0 Å². The van der Waals surface area contributed by atoms with Gasteiger partial charge in [-0.3, -0.25) is 15.0 Å². The molecule has 2 rings (SSSR count). The molecule has 124 valence electrons. The van der Waals surface area contributed by atoms with Gasteiger partial charge in [0, 0.05) is 0 Å². The van der Waals surface area contributed by atoms with Gasteiger partial charge in [0.2, 0.25) is 0 Å². The van der Waals surface area contributed by atoms with Gasteiger partial charge in [0.15, 0.2) is 12.3 Å². The van der Waals surface area contributed by atoms with Gasteiger partial charge in [-0.15, -0.1) is 0 Å². The highest BCUT2D eigenvalue weighted by molar-refractivity contribution is 5.99. The molecule has 0 bridgehead atoms. The highest BCUT2D eigenvalue weighted by Crippen LogP contribution is 2.25. The van der Waals surface area contributed by atoms with Crippen molar-refractivity contribution in [3.8, 4) is 0 Å². The predicted molar refractivity (Wildman–Crippen MR) is 65.4 cm³/mol. The number of carboxylic acids is 1. The van der Waals surface area contributed by atoms with E-state index in [9.17, 15) is 24.6 Å². The number of hydrogen-bond acceptors (Lipinski definition) is 8. The number of aliphatic hydroxyl groups is 3. The summed E-state index contributed by atoms with van der Waals surface area (Å²) in [5.74, 6) is -2.10. The topological polar surface area (TPSA) is 166 Å². The minimum absolute atomic E-state index is 0.357. The van der Waals surface area contributed by atoms with Gasteiger partial charge >= 0.3 is 12.0 Å². The van der Waals surface area contributed by atoms with Crippen LogP contribution in [0.4, 0.5) is 4.79 Å². The smallest absolute Gasteiger partial charge is 0.329 e. The number of hydrogen-bond donors (Lipinski definition) is 5. The lowest BCUT2D eigenvalue weighted by Crippen LogP contribution is -2.62. The van der Waals surface area contributed by atoms with Crippen LogP contribution in [0.15, 0.2) is 0 Å². The highest BCUT2D eigenvalue weighted by Gasteiger charge is 2.49. The van der Waals surface area contributed by atoms with E-state index in [1.165, 1.54) is 0 Å². The van der Waals surface area contributed by atoms with Crippen molar-refractivity contribution in [3.05, 3.63) is 0 Å². The predicted octanol–water partition coefficient (Wildman–Crippen LogP) is -3.55. The molecule has 2 fully saturated rings. The number of urea groups is 1. The molecule has 22 heavy (non-hydrogen) atoms. The number of rotatable bonds is 5. The van der Waals surface area contributed by atoms with Crippen LogP contribution in [0.25, 0.3) is 0 Å². The van der Waals surface area contributed by atoms with Crippen molar-refractivity contribution >= 4 is 17.9 Å². The van der Waals surface area contributed by atoms with E-state index in [2.05, 4.69) is 0 Å². The number of amides is 3. The fraction of sp³-hybridized carbons (Fsp3) is 0.727. The van der Waals surface area contributed by atoms with E-state index < -0.39 is 61.8 Å². The monoisotopic (exact) mass is 320 g/mol. The molecule has 3 amide bonds. The van der Waals surface area contributed by atoms with Gasteiger partial charge in [-0.2, -0.15) is 0 Å². The Morgan fingerprint density at radius 3 is 2.59 bits per heavy atom. The van der Waals surface area contributed by atoms with Crippen molar-refractivity contribution in [1.82, 2.24) is 10.2 Å². The third kappa shape index (κ3) is 3.18. The average molecular weight is 320 g/mol. The first kappa shape index (κ1) is 16.6. The second-order valence-corrected chi connectivity index (χ2v) is 4.87. The summed E-state index contributed by atoms with van der Waals surface area (Å²) in [5, 5.41) is 39.0. The van der Waals surface area contributed by atoms with E-state index >= 15 is 0 Å². The van der Waals surface area contributed by atoms with Crippen molar-refractivity contribution in [2.75, 3.05) is 19.8 Å². The van der Waals surface area contributed by atoms with Crippen LogP contribution in [-0.2, 0) is 19.1 Å². The van der Waals surface area contributed by atoms with E-state index in [0.717, 1.165) is 4.90 Å². The summed E-state index contributed by atoms with van der Waals surface area (Å²) in [6, 6.07) is -0.880. The Hall–Kier alpha value is -1.79.